The van der Waals surface area contributed by atoms with Crippen molar-refractivity contribution in [1.82, 2.24) is 0 Å². The van der Waals surface area contributed by atoms with Gasteiger partial charge in [-0.15, -0.1) is 0 Å². The van der Waals surface area contributed by atoms with Crippen LogP contribution in [0.3, 0.4) is 0 Å². The fraction of sp³-hybridized carbons (Fsp3) is 0.316. The second-order valence-electron chi connectivity index (χ2n) is 5.81. The van der Waals surface area contributed by atoms with Gasteiger partial charge in [0.15, 0.2) is 6.61 Å². The summed E-state index contributed by atoms with van der Waals surface area (Å²) in [5.41, 5.74) is 1.61. The maximum Gasteiger partial charge on any atom is 0.262 e. The van der Waals surface area contributed by atoms with E-state index in [0.29, 0.717) is 23.8 Å². The molecular weight excluding hydrogens is 325 g/mol. The van der Waals surface area contributed by atoms with Crippen LogP contribution in [0, 0.1) is 5.82 Å². The molecule has 6 heteroatoms. The van der Waals surface area contributed by atoms with Crippen LogP contribution in [-0.4, -0.2) is 25.2 Å². The lowest BCUT2D eigenvalue weighted by Crippen LogP contribution is -2.20. The largest absolute Gasteiger partial charge is 0.492 e. The van der Waals surface area contributed by atoms with Gasteiger partial charge in [-0.1, -0.05) is 0 Å². The van der Waals surface area contributed by atoms with Crippen molar-refractivity contribution in [2.24, 2.45) is 0 Å². The number of ether oxygens (including phenoxy) is 3. The fourth-order valence-electron chi connectivity index (χ4n) is 2.68. The maximum atomic E-state index is 12.9. The molecule has 2 aromatic carbocycles. The molecule has 0 fully saturated rings. The van der Waals surface area contributed by atoms with Gasteiger partial charge in [0.25, 0.3) is 5.91 Å². The summed E-state index contributed by atoms with van der Waals surface area (Å²) in [5.74, 6) is 1.09. The predicted octanol–water partition coefficient (Wildman–Crippen LogP) is 3.57. The van der Waals surface area contributed by atoms with Gasteiger partial charge in [0, 0.05) is 18.1 Å². The molecule has 1 aliphatic rings. The Labute approximate surface area is 145 Å². The van der Waals surface area contributed by atoms with Crippen molar-refractivity contribution in [2.45, 2.75) is 26.4 Å². The summed E-state index contributed by atoms with van der Waals surface area (Å²) in [5, 5.41) is 2.78. The quantitative estimate of drug-likeness (QED) is 0.870. The Kier molecular flexibility index (Phi) is 5.07. The van der Waals surface area contributed by atoms with Crippen LogP contribution in [0.5, 0.6) is 17.2 Å². The van der Waals surface area contributed by atoms with E-state index in [1.807, 2.05) is 19.9 Å². The minimum Gasteiger partial charge on any atom is -0.492 e. The average Bonchev–Trinajstić information content (AvgIpc) is 2.94. The molecule has 5 nitrogen and oxygen atoms in total. The van der Waals surface area contributed by atoms with Crippen molar-refractivity contribution in [3.8, 4) is 17.2 Å². The van der Waals surface area contributed by atoms with E-state index >= 15 is 0 Å². The number of benzene rings is 2. The summed E-state index contributed by atoms with van der Waals surface area (Å²) >= 11 is 0. The second kappa shape index (κ2) is 7.42. The lowest BCUT2D eigenvalue weighted by atomic mass is 10.1. The van der Waals surface area contributed by atoms with Crippen molar-refractivity contribution in [2.75, 3.05) is 18.5 Å². The van der Waals surface area contributed by atoms with Gasteiger partial charge in [-0.25, -0.2) is 4.39 Å². The zero-order chi connectivity index (χ0) is 17.8. The number of hydrogen-bond acceptors (Lipinski definition) is 4. The van der Waals surface area contributed by atoms with Crippen molar-refractivity contribution >= 4 is 11.6 Å². The lowest BCUT2D eigenvalue weighted by molar-refractivity contribution is -0.118. The molecule has 0 spiro atoms. The van der Waals surface area contributed by atoms with Gasteiger partial charge in [-0.3, -0.25) is 4.79 Å². The minimum atomic E-state index is -0.356. The number of fused-ring (bicyclic) bond motifs is 1. The van der Waals surface area contributed by atoms with Crippen LogP contribution in [0.15, 0.2) is 36.4 Å². The third kappa shape index (κ3) is 4.21. The third-order valence-corrected chi connectivity index (χ3v) is 3.76. The molecule has 0 saturated heterocycles. The Bertz CT molecular complexity index is 761. The summed E-state index contributed by atoms with van der Waals surface area (Å²) in [6.07, 6.45) is 0.925. The number of amides is 1. The van der Waals surface area contributed by atoms with Crippen LogP contribution in [0.25, 0.3) is 0 Å². The second-order valence-corrected chi connectivity index (χ2v) is 5.81. The highest BCUT2D eigenvalue weighted by Crippen LogP contribution is 2.38. The van der Waals surface area contributed by atoms with Crippen molar-refractivity contribution < 1.29 is 23.4 Å². The van der Waals surface area contributed by atoms with Gasteiger partial charge in [-0.05, 0) is 44.2 Å². The fourth-order valence-corrected chi connectivity index (χ4v) is 2.68. The van der Waals surface area contributed by atoms with Gasteiger partial charge in [0.05, 0.1) is 12.3 Å². The average molecular weight is 345 g/mol. The Morgan fingerprint density at radius 2 is 2.04 bits per heavy atom. The van der Waals surface area contributed by atoms with E-state index in [1.54, 1.807) is 6.07 Å². The van der Waals surface area contributed by atoms with E-state index in [4.69, 9.17) is 14.2 Å². The number of carbonyl (C=O) groups is 1. The Balaban J connectivity index is 1.67. The van der Waals surface area contributed by atoms with Gasteiger partial charge in [-0.2, -0.15) is 0 Å². The highest BCUT2D eigenvalue weighted by molar-refractivity contribution is 5.93. The van der Waals surface area contributed by atoms with Crippen LogP contribution in [0.1, 0.15) is 19.4 Å². The summed E-state index contributed by atoms with van der Waals surface area (Å²) in [7, 11) is 0. The Morgan fingerprint density at radius 1 is 1.28 bits per heavy atom. The molecule has 1 unspecified atom stereocenters. The monoisotopic (exact) mass is 345 g/mol. The van der Waals surface area contributed by atoms with Crippen LogP contribution in [0.4, 0.5) is 10.1 Å². The number of carbonyl (C=O) groups excluding carboxylic acids is 1. The molecule has 2 aromatic rings. The molecule has 0 radical (unpaired) electrons. The van der Waals surface area contributed by atoms with E-state index in [9.17, 15) is 9.18 Å². The van der Waals surface area contributed by atoms with Gasteiger partial charge in [0.1, 0.15) is 29.2 Å². The molecule has 0 aliphatic carbocycles. The number of anilines is 1. The van der Waals surface area contributed by atoms with Gasteiger partial charge in [0.2, 0.25) is 0 Å². The first-order valence-electron chi connectivity index (χ1n) is 8.19. The molecule has 1 amide bonds. The minimum absolute atomic E-state index is 0.109. The molecular formula is C19H20FNO4. The zero-order valence-electron chi connectivity index (χ0n) is 14.2. The van der Waals surface area contributed by atoms with E-state index in [0.717, 1.165) is 17.7 Å². The topological polar surface area (TPSA) is 56.8 Å². The Hall–Kier alpha value is -2.76. The van der Waals surface area contributed by atoms with Crippen LogP contribution in [-0.2, 0) is 11.2 Å². The molecule has 25 heavy (non-hydrogen) atoms. The molecule has 0 aromatic heterocycles. The van der Waals surface area contributed by atoms with E-state index in [1.165, 1.54) is 24.3 Å². The van der Waals surface area contributed by atoms with Crippen molar-refractivity contribution in [3.63, 3.8) is 0 Å². The molecule has 1 aliphatic heterocycles. The summed E-state index contributed by atoms with van der Waals surface area (Å²) < 4.78 is 29.6. The highest BCUT2D eigenvalue weighted by atomic mass is 19.1. The molecule has 0 bridgehead atoms. The molecule has 1 heterocycles. The summed E-state index contributed by atoms with van der Waals surface area (Å²) in [6, 6.07) is 9.18. The van der Waals surface area contributed by atoms with Crippen LogP contribution >= 0.6 is 0 Å². The number of hydrogen-bond donors (Lipinski definition) is 1. The highest BCUT2D eigenvalue weighted by Gasteiger charge is 2.22. The maximum absolute atomic E-state index is 12.9. The zero-order valence-corrected chi connectivity index (χ0v) is 14.2. The predicted molar refractivity (Wildman–Crippen MR) is 91.9 cm³/mol. The first-order valence-corrected chi connectivity index (χ1v) is 8.19. The smallest absolute Gasteiger partial charge is 0.262 e. The molecule has 1 atom stereocenters. The van der Waals surface area contributed by atoms with Crippen LogP contribution in [0.2, 0.25) is 0 Å². The van der Waals surface area contributed by atoms with Gasteiger partial charge < -0.3 is 19.5 Å². The lowest BCUT2D eigenvalue weighted by Gasteiger charge is -2.14. The van der Waals surface area contributed by atoms with Gasteiger partial charge >= 0.3 is 0 Å². The number of nitrogens with one attached hydrogen (secondary N) is 1. The van der Waals surface area contributed by atoms with E-state index < -0.39 is 0 Å². The first kappa shape index (κ1) is 17.1. The van der Waals surface area contributed by atoms with E-state index in [2.05, 4.69) is 5.32 Å². The number of halogens is 1. The molecule has 3 rings (SSSR count). The Morgan fingerprint density at radius 3 is 2.76 bits per heavy atom. The normalized spacial score (nSPS) is 15.2. The molecule has 1 N–H and O–H groups in total. The number of rotatable bonds is 6. The summed E-state index contributed by atoms with van der Waals surface area (Å²) in [6.45, 7) is 4.18. The van der Waals surface area contributed by atoms with E-state index in [-0.39, 0.29) is 24.4 Å². The first-order chi connectivity index (χ1) is 12.0. The summed E-state index contributed by atoms with van der Waals surface area (Å²) in [4.78, 5) is 12.2. The standard InChI is InChI=1S/C19H20FNO4/c1-3-23-18-9-13-8-12(2)25-17(13)10-16(18)21-19(22)11-24-15-6-4-14(20)5-7-15/h4-7,9-10,12H,3,8,11H2,1-2H3,(H,21,22). The SMILES string of the molecule is CCOc1cc2c(cc1NC(=O)COc1ccc(F)cc1)OC(C)C2. The third-order valence-electron chi connectivity index (χ3n) is 3.76. The van der Waals surface area contributed by atoms with Crippen molar-refractivity contribution in [1.29, 1.82) is 0 Å². The van der Waals surface area contributed by atoms with Crippen LogP contribution < -0.4 is 19.5 Å². The molecule has 132 valence electrons. The molecule has 0 saturated carbocycles. The van der Waals surface area contributed by atoms with Crippen molar-refractivity contribution in [3.05, 3.63) is 47.8 Å².